The van der Waals surface area contributed by atoms with Crippen LogP contribution in [0, 0.1) is 11.8 Å². The van der Waals surface area contributed by atoms with Gasteiger partial charge in [-0.1, -0.05) is 182 Å². The topological polar surface area (TPSA) is 78.4 Å². The number of hydrogen-bond acceptors (Lipinski definition) is 3. The van der Waals surface area contributed by atoms with Crippen molar-refractivity contribution in [2.45, 2.75) is 227 Å². The van der Waals surface area contributed by atoms with Crippen LogP contribution >= 0.6 is 0 Å². The predicted molar refractivity (Wildman–Crippen MR) is 222 cm³/mol. The minimum atomic E-state index is -0.399. The molecular formula is C45H92N3O3+. The summed E-state index contributed by atoms with van der Waals surface area (Å²) < 4.78 is 0.699. The second kappa shape index (κ2) is 35.9. The Labute approximate surface area is 319 Å². The molecule has 0 saturated heterocycles. The highest BCUT2D eigenvalue weighted by Crippen LogP contribution is 2.16. The summed E-state index contributed by atoms with van der Waals surface area (Å²) in [6, 6.07) is 0. The normalized spacial score (nSPS) is 13.5. The number of aliphatic hydroxyl groups is 1. The average molecular weight is 723 g/mol. The molecule has 0 aliphatic rings. The highest BCUT2D eigenvalue weighted by atomic mass is 16.3. The van der Waals surface area contributed by atoms with Gasteiger partial charge in [0.25, 0.3) is 0 Å². The van der Waals surface area contributed by atoms with Crippen LogP contribution in [0.5, 0.6) is 0 Å². The van der Waals surface area contributed by atoms with E-state index in [-0.39, 0.29) is 11.8 Å². The minimum absolute atomic E-state index is 0.150. The molecule has 0 spiro atoms. The number of hydrogen-bond donors (Lipinski definition) is 3. The van der Waals surface area contributed by atoms with Gasteiger partial charge in [0.05, 0.1) is 26.7 Å². The molecule has 3 N–H and O–H groups in total. The molecule has 0 bridgehead atoms. The van der Waals surface area contributed by atoms with Crippen LogP contribution in [0.2, 0.25) is 0 Å². The largest absolute Gasteiger partial charge is 0.388 e. The van der Waals surface area contributed by atoms with Crippen LogP contribution in [0.3, 0.4) is 0 Å². The maximum Gasteiger partial charge on any atom is 0.220 e. The van der Waals surface area contributed by atoms with E-state index in [1.807, 2.05) is 6.92 Å². The maximum absolute atomic E-state index is 12.5. The summed E-state index contributed by atoms with van der Waals surface area (Å²) in [6.45, 7) is 14.7. The monoisotopic (exact) mass is 723 g/mol. The van der Waals surface area contributed by atoms with Crippen molar-refractivity contribution >= 4 is 11.8 Å². The lowest BCUT2D eigenvalue weighted by molar-refractivity contribution is -0.911. The summed E-state index contributed by atoms with van der Waals surface area (Å²) in [5.41, 5.74) is 0. The lowest BCUT2D eigenvalue weighted by Crippen LogP contribution is -2.53. The van der Waals surface area contributed by atoms with Crippen molar-refractivity contribution in [3.8, 4) is 0 Å². The van der Waals surface area contributed by atoms with E-state index in [0.717, 1.165) is 57.0 Å². The van der Waals surface area contributed by atoms with E-state index in [0.29, 0.717) is 37.0 Å². The van der Waals surface area contributed by atoms with E-state index in [2.05, 4.69) is 45.4 Å². The summed E-state index contributed by atoms with van der Waals surface area (Å²) in [7, 11) is 2.16. The molecule has 0 fully saturated rings. The third-order valence-corrected chi connectivity index (χ3v) is 10.7. The lowest BCUT2D eigenvalue weighted by atomic mass is 10.0. The molecule has 6 heteroatoms. The average Bonchev–Trinajstić information content (AvgIpc) is 3.06. The molecule has 0 heterocycles. The molecule has 2 unspecified atom stereocenters. The number of amides is 2. The van der Waals surface area contributed by atoms with Gasteiger partial charge in [-0.3, -0.25) is 9.59 Å². The van der Waals surface area contributed by atoms with Gasteiger partial charge < -0.3 is 20.2 Å². The molecule has 51 heavy (non-hydrogen) atoms. The molecule has 0 aromatic heterocycles. The van der Waals surface area contributed by atoms with E-state index in [9.17, 15) is 14.7 Å². The third kappa shape index (κ3) is 38.4. The standard InChI is InChI=1S/C45H91N3O3/c1-41(2)32-27-23-19-15-11-7-9-13-17-21-25-29-34-44(50)46-36-31-38-48(6,40-43(5)49)39-37-47-45(51)35-30-26-22-18-14-10-8-12-16-20-24-28-33-42(3)4/h41-43,49H,7-40H2,1-6H3,(H-,46,47,50,51)/p+1. The predicted octanol–water partition coefficient (Wildman–Crippen LogP) is 11.7. The number of rotatable bonds is 39. The van der Waals surface area contributed by atoms with Gasteiger partial charge in [0, 0.05) is 25.8 Å². The Bertz CT molecular complexity index is 772. The molecular weight excluding hydrogens is 631 g/mol. The Morgan fingerprint density at radius 1 is 0.451 bits per heavy atom. The zero-order valence-corrected chi connectivity index (χ0v) is 35.5. The first-order chi connectivity index (χ1) is 24.5. The SMILES string of the molecule is CC(C)CCCCCCCCCCCCCCC(=O)NCCC[N+](C)(CCNC(=O)CCCCCCCCCCCCCCC(C)C)CC(C)O. The first kappa shape index (κ1) is 49.9. The third-order valence-electron chi connectivity index (χ3n) is 10.7. The molecule has 6 nitrogen and oxygen atoms in total. The molecule has 0 radical (unpaired) electrons. The fraction of sp³-hybridized carbons (Fsp3) is 0.956. The van der Waals surface area contributed by atoms with Crippen molar-refractivity contribution in [1.82, 2.24) is 10.6 Å². The van der Waals surface area contributed by atoms with Crippen molar-refractivity contribution in [1.29, 1.82) is 0 Å². The summed E-state index contributed by atoms with van der Waals surface area (Å²) in [6.07, 6.45) is 36.0. The molecule has 0 rings (SSSR count). The van der Waals surface area contributed by atoms with Gasteiger partial charge in [-0.05, 0) is 31.6 Å². The fourth-order valence-electron chi connectivity index (χ4n) is 7.47. The van der Waals surface area contributed by atoms with Gasteiger partial charge in [-0.15, -0.1) is 0 Å². The van der Waals surface area contributed by atoms with Crippen molar-refractivity contribution in [2.75, 3.05) is 39.8 Å². The number of nitrogens with one attached hydrogen (secondary N) is 2. The van der Waals surface area contributed by atoms with Gasteiger partial charge in [0.1, 0.15) is 12.6 Å². The van der Waals surface area contributed by atoms with E-state index in [1.54, 1.807) is 0 Å². The number of nitrogens with zero attached hydrogens (tertiary/aromatic N) is 1. The Balaban J connectivity index is 3.78. The smallest absolute Gasteiger partial charge is 0.220 e. The van der Waals surface area contributed by atoms with E-state index >= 15 is 0 Å². The highest BCUT2D eigenvalue weighted by Gasteiger charge is 2.23. The minimum Gasteiger partial charge on any atom is -0.388 e. The van der Waals surface area contributed by atoms with Gasteiger partial charge >= 0.3 is 0 Å². The highest BCUT2D eigenvalue weighted by molar-refractivity contribution is 5.76. The van der Waals surface area contributed by atoms with Crippen molar-refractivity contribution in [3.63, 3.8) is 0 Å². The van der Waals surface area contributed by atoms with Crippen LogP contribution in [0.25, 0.3) is 0 Å². The second-order valence-corrected chi connectivity index (χ2v) is 17.5. The molecule has 2 atom stereocenters. The quantitative estimate of drug-likeness (QED) is 0.0436. The Kier molecular flexibility index (Phi) is 35.1. The van der Waals surface area contributed by atoms with Crippen LogP contribution in [0.15, 0.2) is 0 Å². The molecule has 0 aromatic rings. The molecule has 304 valence electrons. The molecule has 0 aliphatic heterocycles. The summed E-state index contributed by atoms with van der Waals surface area (Å²) in [5.74, 6) is 2.02. The van der Waals surface area contributed by atoms with Crippen LogP contribution < -0.4 is 10.6 Å². The molecule has 0 aromatic carbocycles. The van der Waals surface area contributed by atoms with E-state index in [1.165, 1.54) is 141 Å². The van der Waals surface area contributed by atoms with Crippen LogP contribution in [0.4, 0.5) is 0 Å². The van der Waals surface area contributed by atoms with Crippen molar-refractivity contribution in [3.05, 3.63) is 0 Å². The second-order valence-electron chi connectivity index (χ2n) is 17.5. The first-order valence-corrected chi connectivity index (χ1v) is 22.6. The van der Waals surface area contributed by atoms with Crippen LogP contribution in [-0.4, -0.2) is 67.3 Å². The van der Waals surface area contributed by atoms with Gasteiger partial charge in [0.15, 0.2) is 0 Å². The van der Waals surface area contributed by atoms with Crippen LogP contribution in [-0.2, 0) is 9.59 Å². The van der Waals surface area contributed by atoms with Gasteiger partial charge in [0.2, 0.25) is 11.8 Å². The van der Waals surface area contributed by atoms with Crippen LogP contribution in [0.1, 0.15) is 221 Å². The Morgan fingerprint density at radius 2 is 0.765 bits per heavy atom. The Hall–Kier alpha value is -1.14. The number of carbonyl (C=O) groups is 2. The molecule has 0 aliphatic carbocycles. The molecule has 2 amide bonds. The zero-order valence-electron chi connectivity index (χ0n) is 35.5. The summed E-state index contributed by atoms with van der Waals surface area (Å²) >= 11 is 0. The summed E-state index contributed by atoms with van der Waals surface area (Å²) in [4.78, 5) is 24.8. The van der Waals surface area contributed by atoms with E-state index < -0.39 is 6.10 Å². The number of unbranched alkanes of at least 4 members (excludes halogenated alkanes) is 22. The van der Waals surface area contributed by atoms with Crippen molar-refractivity contribution < 1.29 is 19.2 Å². The number of aliphatic hydroxyl groups excluding tert-OH is 1. The number of quaternary nitrogens is 1. The Morgan fingerprint density at radius 3 is 1.10 bits per heavy atom. The fourth-order valence-corrected chi connectivity index (χ4v) is 7.47. The molecule has 0 saturated carbocycles. The van der Waals surface area contributed by atoms with Crippen molar-refractivity contribution in [2.24, 2.45) is 11.8 Å². The first-order valence-electron chi connectivity index (χ1n) is 22.6. The lowest BCUT2D eigenvalue weighted by Gasteiger charge is -2.36. The van der Waals surface area contributed by atoms with Gasteiger partial charge in [-0.25, -0.2) is 0 Å². The zero-order chi connectivity index (χ0) is 37.8. The van der Waals surface area contributed by atoms with E-state index in [4.69, 9.17) is 0 Å². The maximum atomic E-state index is 12.5. The van der Waals surface area contributed by atoms with Gasteiger partial charge in [-0.2, -0.15) is 0 Å². The number of likely N-dealkylation sites (N-methyl/N-ethyl adjacent to an activating group) is 1. The summed E-state index contributed by atoms with van der Waals surface area (Å²) in [5, 5.41) is 16.4. The number of carbonyl (C=O) groups excluding carboxylic acids is 2.